The second-order valence-electron chi connectivity index (χ2n) is 7.56. The van der Waals surface area contributed by atoms with Gasteiger partial charge in [0.2, 0.25) is 0 Å². The summed E-state index contributed by atoms with van der Waals surface area (Å²) in [5, 5.41) is 16.9. The number of nitriles is 1. The Morgan fingerprint density at radius 2 is 2.00 bits per heavy atom. The Bertz CT molecular complexity index is 858. The van der Waals surface area contributed by atoms with Crippen molar-refractivity contribution in [2.45, 2.75) is 73.0 Å². The number of anilines is 3. The molecule has 2 aromatic rings. The van der Waals surface area contributed by atoms with Crippen molar-refractivity contribution in [2.75, 3.05) is 23.3 Å². The zero-order chi connectivity index (χ0) is 24.1. The third kappa shape index (κ3) is 8.71. The Morgan fingerprint density at radius 3 is 2.59 bits per heavy atom. The number of nitrogens with one attached hydrogen (secondary N) is 2. The fourth-order valence-corrected chi connectivity index (χ4v) is 3.86. The van der Waals surface area contributed by atoms with Gasteiger partial charge in [-0.2, -0.15) is 5.26 Å². The van der Waals surface area contributed by atoms with Gasteiger partial charge in [-0.15, -0.1) is 0 Å². The Hall–Kier alpha value is -2.86. The summed E-state index contributed by atoms with van der Waals surface area (Å²) < 4.78 is 5.35. The van der Waals surface area contributed by atoms with Gasteiger partial charge >= 0.3 is 6.09 Å². The van der Waals surface area contributed by atoms with Crippen LogP contribution < -0.4 is 15.5 Å². The second kappa shape index (κ2) is 13.5. The number of ether oxygens (including phenoxy) is 1. The summed E-state index contributed by atoms with van der Waals surface area (Å²) in [5.74, 6) is 0.664. The minimum Gasteiger partial charge on any atom is -0.444 e. The molecule has 1 amide bonds. The van der Waals surface area contributed by atoms with E-state index in [1.807, 2.05) is 66.7 Å². The molecule has 0 aromatic carbocycles. The van der Waals surface area contributed by atoms with Gasteiger partial charge in [0.15, 0.2) is 10.8 Å². The minimum atomic E-state index is -0.526. The first-order valence-electron chi connectivity index (χ1n) is 11.2. The Kier molecular flexibility index (Phi) is 11.5. The van der Waals surface area contributed by atoms with Crippen LogP contribution in [-0.4, -0.2) is 40.8 Å². The highest BCUT2D eigenvalue weighted by molar-refractivity contribution is 7.19. The van der Waals surface area contributed by atoms with Crippen LogP contribution in [0.1, 0.15) is 67.0 Å². The van der Waals surface area contributed by atoms with E-state index >= 15 is 0 Å². The first-order valence-corrected chi connectivity index (χ1v) is 12.0. The molecule has 1 atom stereocenters. The summed E-state index contributed by atoms with van der Waals surface area (Å²) in [5.41, 5.74) is -0.186. The van der Waals surface area contributed by atoms with Crippen molar-refractivity contribution in [3.63, 3.8) is 0 Å². The predicted octanol–water partition coefficient (Wildman–Crippen LogP) is 5.70. The number of hydrogen-bond acceptors (Lipinski definition) is 8. The summed E-state index contributed by atoms with van der Waals surface area (Å²) in [6.07, 6.45) is 3.08. The smallest absolute Gasteiger partial charge is 0.407 e. The van der Waals surface area contributed by atoms with E-state index in [1.54, 1.807) is 6.20 Å². The number of pyridine rings is 1. The van der Waals surface area contributed by atoms with Gasteiger partial charge in [-0.3, -0.25) is 0 Å². The lowest BCUT2D eigenvalue weighted by atomic mass is 10.1. The van der Waals surface area contributed by atoms with Crippen LogP contribution in [0, 0.1) is 11.3 Å². The lowest BCUT2D eigenvalue weighted by Gasteiger charge is -2.33. The molecular weight excluding hydrogens is 424 g/mol. The molecule has 1 fully saturated rings. The van der Waals surface area contributed by atoms with E-state index in [0.717, 1.165) is 24.5 Å². The number of aromatic nitrogens is 2. The Morgan fingerprint density at radius 1 is 1.28 bits per heavy atom. The van der Waals surface area contributed by atoms with Crippen LogP contribution >= 0.6 is 11.3 Å². The normalized spacial score (nSPS) is 15.2. The molecule has 9 heteroatoms. The van der Waals surface area contributed by atoms with Gasteiger partial charge in [0.25, 0.3) is 0 Å². The molecule has 0 bridgehead atoms. The van der Waals surface area contributed by atoms with Crippen LogP contribution in [0.2, 0.25) is 0 Å². The summed E-state index contributed by atoms with van der Waals surface area (Å²) in [6.45, 7) is 15.0. The maximum absolute atomic E-state index is 12.1. The molecular formula is C23H36N6O2S. The van der Waals surface area contributed by atoms with E-state index in [-0.39, 0.29) is 6.04 Å². The average Bonchev–Trinajstić information content (AvgIpc) is 3.19. The van der Waals surface area contributed by atoms with E-state index in [0.29, 0.717) is 23.1 Å². The van der Waals surface area contributed by atoms with E-state index in [1.165, 1.54) is 11.3 Å². The molecule has 2 aromatic heterocycles. The molecule has 2 N–H and O–H groups in total. The minimum absolute atomic E-state index is 0.0229. The van der Waals surface area contributed by atoms with Crippen molar-refractivity contribution in [2.24, 2.45) is 0 Å². The van der Waals surface area contributed by atoms with Crippen LogP contribution in [0.3, 0.4) is 0 Å². The number of hydrogen-bond donors (Lipinski definition) is 2. The average molecular weight is 461 g/mol. The highest BCUT2D eigenvalue weighted by Crippen LogP contribution is 2.33. The van der Waals surface area contributed by atoms with E-state index in [2.05, 4.69) is 31.6 Å². The van der Waals surface area contributed by atoms with Crippen LogP contribution in [0.25, 0.3) is 0 Å². The van der Waals surface area contributed by atoms with Crippen LogP contribution in [0.15, 0.2) is 24.4 Å². The monoisotopic (exact) mass is 460 g/mol. The van der Waals surface area contributed by atoms with E-state index < -0.39 is 11.7 Å². The molecule has 1 aliphatic heterocycles. The number of thiazole rings is 1. The van der Waals surface area contributed by atoms with Crippen molar-refractivity contribution in [3.05, 3.63) is 30.1 Å². The molecule has 0 aliphatic carbocycles. The maximum atomic E-state index is 12.1. The van der Waals surface area contributed by atoms with Crippen LogP contribution in [-0.2, 0) is 4.74 Å². The quantitative estimate of drug-likeness (QED) is 0.603. The van der Waals surface area contributed by atoms with Gasteiger partial charge in [0.05, 0.1) is 0 Å². The fourth-order valence-electron chi connectivity index (χ4n) is 2.90. The molecule has 1 aliphatic rings. The van der Waals surface area contributed by atoms with E-state index in [9.17, 15) is 10.1 Å². The number of alkyl carbamates (subject to hydrolysis) is 1. The van der Waals surface area contributed by atoms with Crippen molar-refractivity contribution in [1.29, 1.82) is 5.26 Å². The number of piperidine rings is 1. The van der Waals surface area contributed by atoms with Gasteiger partial charge < -0.3 is 20.3 Å². The first-order chi connectivity index (χ1) is 15.3. The second-order valence-corrected chi connectivity index (χ2v) is 8.53. The lowest BCUT2D eigenvalue weighted by Crippen LogP contribution is -2.49. The van der Waals surface area contributed by atoms with Crippen molar-refractivity contribution >= 4 is 33.4 Å². The number of nitrogens with zero attached hydrogens (tertiary/aromatic N) is 4. The standard InChI is InChI=1S/C19H24N6O2S.2C2H6/c1-19(2,3)27-18(26)22-13-7-6-10-25(12-13)17-23-14(11-20)16(28-17)24-15-8-4-5-9-21-15;2*1-2/h4-5,8-9,13H,6-7,10,12H2,1-3H3,(H,21,24)(H,22,26);2*1-2H3. The summed E-state index contributed by atoms with van der Waals surface area (Å²) in [4.78, 5) is 22.8. The third-order valence-electron chi connectivity index (χ3n) is 4.04. The highest BCUT2D eigenvalue weighted by atomic mass is 32.1. The van der Waals surface area contributed by atoms with Crippen molar-refractivity contribution in [1.82, 2.24) is 15.3 Å². The maximum Gasteiger partial charge on any atom is 0.407 e. The van der Waals surface area contributed by atoms with Crippen molar-refractivity contribution < 1.29 is 9.53 Å². The Balaban J connectivity index is 0.00000121. The molecule has 0 spiro atoms. The summed E-state index contributed by atoms with van der Waals surface area (Å²) in [7, 11) is 0. The summed E-state index contributed by atoms with van der Waals surface area (Å²) >= 11 is 1.41. The number of carbonyl (C=O) groups is 1. The van der Waals surface area contributed by atoms with Gasteiger partial charge in [0.1, 0.15) is 22.5 Å². The van der Waals surface area contributed by atoms with E-state index in [4.69, 9.17) is 4.74 Å². The number of carbonyl (C=O) groups excluding carboxylic acids is 1. The molecule has 1 saturated heterocycles. The topological polar surface area (TPSA) is 103 Å². The zero-order valence-corrected chi connectivity index (χ0v) is 21.0. The predicted molar refractivity (Wildman–Crippen MR) is 132 cm³/mol. The summed E-state index contributed by atoms with van der Waals surface area (Å²) in [6, 6.07) is 7.66. The molecule has 3 rings (SSSR count). The SMILES string of the molecule is CC.CC.CC(C)(C)OC(=O)NC1CCCN(c2nc(C#N)c(Nc3ccccn3)s2)C1. The fraction of sp³-hybridized carbons (Fsp3) is 0.565. The molecule has 3 heterocycles. The van der Waals surface area contributed by atoms with Gasteiger partial charge in [0, 0.05) is 25.3 Å². The van der Waals surface area contributed by atoms with Gasteiger partial charge in [-0.05, 0) is 45.7 Å². The molecule has 8 nitrogen and oxygen atoms in total. The highest BCUT2D eigenvalue weighted by Gasteiger charge is 2.26. The van der Waals surface area contributed by atoms with Gasteiger partial charge in [-0.1, -0.05) is 45.1 Å². The number of rotatable bonds is 4. The van der Waals surface area contributed by atoms with Crippen LogP contribution in [0.4, 0.5) is 20.7 Å². The third-order valence-corrected chi connectivity index (χ3v) is 5.07. The molecule has 1 unspecified atom stereocenters. The van der Waals surface area contributed by atoms with Crippen LogP contribution in [0.5, 0.6) is 0 Å². The van der Waals surface area contributed by atoms with Gasteiger partial charge in [-0.25, -0.2) is 14.8 Å². The molecule has 32 heavy (non-hydrogen) atoms. The van der Waals surface area contributed by atoms with Crippen molar-refractivity contribution in [3.8, 4) is 6.07 Å². The number of amides is 1. The molecule has 0 radical (unpaired) electrons. The first kappa shape index (κ1) is 27.2. The zero-order valence-electron chi connectivity index (χ0n) is 20.2. The Labute approximate surface area is 196 Å². The molecule has 176 valence electrons. The largest absolute Gasteiger partial charge is 0.444 e. The lowest BCUT2D eigenvalue weighted by molar-refractivity contribution is 0.0500. The molecule has 0 saturated carbocycles.